The van der Waals surface area contributed by atoms with Crippen molar-refractivity contribution in [2.24, 2.45) is 0 Å². The lowest BCUT2D eigenvalue weighted by atomic mass is 9.75. The van der Waals surface area contributed by atoms with Crippen molar-refractivity contribution < 1.29 is 22.7 Å². The van der Waals surface area contributed by atoms with Crippen LogP contribution in [0.5, 0.6) is 11.5 Å². The maximum atomic E-state index is 13.9. The van der Waals surface area contributed by atoms with E-state index in [9.17, 15) is 13.2 Å². The van der Waals surface area contributed by atoms with Gasteiger partial charge in [0.15, 0.2) is 11.5 Å². The molecule has 0 unspecified atom stereocenters. The van der Waals surface area contributed by atoms with Crippen LogP contribution >= 0.6 is 11.6 Å². The number of sulfonamides is 1. The number of carbonyl (C=O) groups is 1. The second-order valence-electron chi connectivity index (χ2n) is 8.62. The normalized spacial score (nSPS) is 17.6. The van der Waals surface area contributed by atoms with Crippen molar-refractivity contribution in [1.29, 1.82) is 0 Å². The molecular weight excluding hydrogens is 486 g/mol. The van der Waals surface area contributed by atoms with Crippen LogP contribution in [0.3, 0.4) is 0 Å². The first-order valence-electron chi connectivity index (χ1n) is 11.3. The first-order chi connectivity index (χ1) is 16.8. The lowest BCUT2D eigenvalue weighted by Crippen LogP contribution is -2.47. The predicted octanol–water partition coefficient (Wildman–Crippen LogP) is 4.92. The molecule has 8 heteroatoms. The minimum Gasteiger partial charge on any atom is -0.493 e. The number of benzene rings is 3. The summed E-state index contributed by atoms with van der Waals surface area (Å²) in [6, 6.07) is 19.7. The molecule has 0 amide bonds. The van der Waals surface area contributed by atoms with E-state index in [1.165, 1.54) is 4.31 Å². The summed E-state index contributed by atoms with van der Waals surface area (Å²) < 4.78 is 40.1. The van der Waals surface area contributed by atoms with E-state index >= 15 is 0 Å². The number of hydrogen-bond donors (Lipinski definition) is 0. The Kier molecular flexibility index (Phi) is 7.50. The van der Waals surface area contributed by atoms with Gasteiger partial charge < -0.3 is 9.47 Å². The van der Waals surface area contributed by atoms with Gasteiger partial charge in [-0.3, -0.25) is 4.79 Å². The summed E-state index contributed by atoms with van der Waals surface area (Å²) in [7, 11) is -0.851. The Morgan fingerprint density at radius 2 is 1.63 bits per heavy atom. The first-order valence-corrected chi connectivity index (χ1v) is 13.1. The molecular formula is C27H28ClNO5S. The van der Waals surface area contributed by atoms with Crippen LogP contribution in [-0.4, -0.2) is 44.8 Å². The Morgan fingerprint density at radius 3 is 2.23 bits per heavy atom. The highest BCUT2D eigenvalue weighted by atomic mass is 35.5. The summed E-state index contributed by atoms with van der Waals surface area (Å²) in [4.78, 5) is 12.3. The van der Waals surface area contributed by atoms with E-state index in [-0.39, 0.29) is 10.8 Å². The fourth-order valence-corrected chi connectivity index (χ4v) is 6.66. The number of halogens is 1. The molecule has 0 radical (unpaired) electrons. The zero-order valence-electron chi connectivity index (χ0n) is 19.9. The monoisotopic (exact) mass is 513 g/mol. The second-order valence-corrected chi connectivity index (χ2v) is 10.9. The molecule has 0 N–H and O–H groups in total. The van der Waals surface area contributed by atoms with Crippen molar-refractivity contribution in [1.82, 2.24) is 4.31 Å². The summed E-state index contributed by atoms with van der Waals surface area (Å²) in [5.74, 6) is 0.849. The Hall–Kier alpha value is -2.87. The second kappa shape index (κ2) is 10.4. The largest absolute Gasteiger partial charge is 0.493 e. The molecule has 3 aromatic rings. The molecule has 0 aromatic heterocycles. The molecule has 0 aliphatic heterocycles. The number of rotatable bonds is 8. The molecule has 1 aliphatic carbocycles. The van der Waals surface area contributed by atoms with Crippen molar-refractivity contribution in [2.45, 2.75) is 36.6 Å². The molecule has 0 spiro atoms. The molecule has 184 valence electrons. The highest BCUT2D eigenvalue weighted by molar-refractivity contribution is 7.89. The van der Waals surface area contributed by atoms with Crippen molar-refractivity contribution in [2.75, 3.05) is 20.8 Å². The Balaban J connectivity index is 1.90. The third-order valence-electron chi connectivity index (χ3n) is 6.51. The number of hydrogen-bond acceptors (Lipinski definition) is 5. The predicted molar refractivity (Wildman–Crippen MR) is 136 cm³/mol. The van der Waals surface area contributed by atoms with Crippen LogP contribution < -0.4 is 9.47 Å². The van der Waals surface area contributed by atoms with Gasteiger partial charge in [-0.05, 0) is 72.3 Å². The summed E-state index contributed by atoms with van der Waals surface area (Å²) in [6.07, 6.45) is 1.12. The summed E-state index contributed by atoms with van der Waals surface area (Å²) in [5, 5.41) is -0.731. The van der Waals surface area contributed by atoms with Gasteiger partial charge in [-0.25, -0.2) is 8.42 Å². The van der Waals surface area contributed by atoms with E-state index in [1.54, 1.807) is 38.5 Å². The molecule has 3 aromatic carbocycles. The van der Waals surface area contributed by atoms with Gasteiger partial charge in [-0.15, -0.1) is 0 Å². The van der Waals surface area contributed by atoms with Crippen LogP contribution in [0, 0.1) is 6.92 Å². The highest BCUT2D eigenvalue weighted by Crippen LogP contribution is 2.45. The third kappa shape index (κ3) is 5.08. The molecule has 4 rings (SSSR count). The number of methoxy groups -OCH3 is 2. The van der Waals surface area contributed by atoms with Gasteiger partial charge in [-0.1, -0.05) is 48.0 Å². The molecule has 0 heterocycles. The highest BCUT2D eigenvalue weighted by Gasteiger charge is 2.41. The van der Waals surface area contributed by atoms with E-state index in [0.717, 1.165) is 22.3 Å². The minimum absolute atomic E-state index is 0.130. The fourth-order valence-electron chi connectivity index (χ4n) is 4.84. The smallest absolute Gasteiger partial charge is 0.243 e. The molecule has 0 fully saturated rings. The Labute approximate surface area is 211 Å². The van der Waals surface area contributed by atoms with Gasteiger partial charge in [0.2, 0.25) is 15.3 Å². The van der Waals surface area contributed by atoms with Gasteiger partial charge >= 0.3 is 0 Å². The molecule has 0 bridgehead atoms. The van der Waals surface area contributed by atoms with Crippen molar-refractivity contribution in [3.8, 4) is 11.5 Å². The van der Waals surface area contributed by atoms with E-state index in [4.69, 9.17) is 21.1 Å². The molecule has 0 saturated heterocycles. The lowest BCUT2D eigenvalue weighted by Gasteiger charge is -2.40. The Morgan fingerprint density at radius 1 is 1.00 bits per heavy atom. The van der Waals surface area contributed by atoms with Gasteiger partial charge in [0.25, 0.3) is 0 Å². The van der Waals surface area contributed by atoms with Gasteiger partial charge in [-0.2, -0.15) is 4.31 Å². The fraction of sp³-hybridized carbons (Fsp3) is 0.296. The number of ether oxygens (including phenoxy) is 2. The summed E-state index contributed by atoms with van der Waals surface area (Å²) >= 11 is 5.81. The lowest BCUT2D eigenvalue weighted by molar-refractivity contribution is -0.112. The van der Waals surface area contributed by atoms with E-state index in [2.05, 4.69) is 0 Å². The van der Waals surface area contributed by atoms with Crippen LogP contribution in [0.25, 0.3) is 0 Å². The van der Waals surface area contributed by atoms with Crippen LogP contribution in [0.4, 0.5) is 0 Å². The van der Waals surface area contributed by atoms with Gasteiger partial charge in [0.1, 0.15) is 0 Å². The summed E-state index contributed by atoms with van der Waals surface area (Å²) in [5.41, 5.74) is 3.88. The molecule has 2 atom stereocenters. The van der Waals surface area contributed by atoms with Crippen LogP contribution in [0.15, 0.2) is 71.6 Å². The molecule has 1 aliphatic rings. The number of fused-ring (bicyclic) bond motifs is 1. The third-order valence-corrected chi connectivity index (χ3v) is 8.52. The van der Waals surface area contributed by atoms with E-state index in [0.29, 0.717) is 24.3 Å². The van der Waals surface area contributed by atoms with Crippen LogP contribution in [0.1, 0.15) is 34.6 Å². The van der Waals surface area contributed by atoms with E-state index < -0.39 is 27.9 Å². The van der Waals surface area contributed by atoms with Gasteiger partial charge in [0, 0.05) is 12.0 Å². The maximum Gasteiger partial charge on any atom is 0.243 e. The van der Waals surface area contributed by atoms with Crippen LogP contribution in [0.2, 0.25) is 0 Å². The topological polar surface area (TPSA) is 72.9 Å². The quantitative estimate of drug-likeness (QED) is 0.400. The Bertz CT molecular complexity index is 1310. The first kappa shape index (κ1) is 25.2. The minimum atomic E-state index is -4.01. The molecule has 0 saturated carbocycles. The SMILES string of the molecule is COc1cc2c(cc1OC)[C@@H](c1ccccc1)[C@H](N(CC(=O)Cl)S(=O)(=O)c1ccc(C)cc1)CC2. The number of carbonyl (C=O) groups excluding carboxylic acids is 1. The maximum absolute atomic E-state index is 13.9. The summed E-state index contributed by atoms with van der Waals surface area (Å²) in [6.45, 7) is 1.47. The van der Waals surface area contributed by atoms with Crippen molar-refractivity contribution >= 4 is 26.9 Å². The van der Waals surface area contributed by atoms with E-state index in [1.807, 2.05) is 49.4 Å². The number of nitrogens with zero attached hydrogens (tertiary/aromatic N) is 1. The molecule has 6 nitrogen and oxygen atoms in total. The van der Waals surface area contributed by atoms with Crippen LogP contribution in [-0.2, 0) is 21.2 Å². The zero-order valence-corrected chi connectivity index (χ0v) is 21.5. The average molecular weight is 514 g/mol. The molecule has 35 heavy (non-hydrogen) atoms. The van der Waals surface area contributed by atoms with Crippen molar-refractivity contribution in [3.63, 3.8) is 0 Å². The standard InChI is InChI=1S/C27H28ClNO5S/c1-18-9-12-21(13-10-18)35(31,32)29(17-26(28)30)23-14-11-20-15-24(33-2)25(34-3)16-22(20)27(23)19-7-5-4-6-8-19/h4-10,12-13,15-16,23,27H,11,14,17H2,1-3H3/t23-,27-/m1/s1. The van der Waals surface area contributed by atoms with Gasteiger partial charge in [0.05, 0.1) is 25.7 Å². The van der Waals surface area contributed by atoms with Crippen molar-refractivity contribution in [3.05, 3.63) is 89.0 Å². The average Bonchev–Trinajstić information content (AvgIpc) is 2.86. The zero-order chi connectivity index (χ0) is 25.2. The number of aryl methyl sites for hydroxylation is 2.